The maximum absolute atomic E-state index is 10.8. The first kappa shape index (κ1) is 25.2. The highest BCUT2D eigenvalue weighted by Gasteiger charge is 2.24. The number of quaternary nitrogens is 1. The van der Waals surface area contributed by atoms with E-state index in [4.69, 9.17) is 9.47 Å². The summed E-state index contributed by atoms with van der Waals surface area (Å²) in [6, 6.07) is 23.4. The predicted molar refractivity (Wildman–Crippen MR) is 137 cm³/mol. The van der Waals surface area contributed by atoms with E-state index in [0.29, 0.717) is 6.54 Å². The zero-order chi connectivity index (χ0) is 24.4. The summed E-state index contributed by atoms with van der Waals surface area (Å²) in [5.74, 6) is 1.50. The van der Waals surface area contributed by atoms with Crippen LogP contribution in [0.4, 0.5) is 11.4 Å². The number of nitro groups is 1. The monoisotopic (exact) mass is 464 g/mol. The predicted octanol–water partition coefficient (Wildman–Crippen LogP) is 4.97. The third kappa shape index (κ3) is 6.79. The van der Waals surface area contributed by atoms with Gasteiger partial charge in [-0.1, -0.05) is 36.4 Å². The molecule has 34 heavy (non-hydrogen) atoms. The number of methoxy groups -OCH3 is 2. The van der Waals surface area contributed by atoms with Gasteiger partial charge in [0.2, 0.25) is 0 Å². The Bertz CT molecular complexity index is 1060. The second kappa shape index (κ2) is 12.2. The summed E-state index contributed by atoms with van der Waals surface area (Å²) in [6.07, 6.45) is 1.92. The van der Waals surface area contributed by atoms with Gasteiger partial charge in [-0.25, -0.2) is 0 Å². The van der Waals surface area contributed by atoms with Crippen molar-refractivity contribution in [2.75, 3.05) is 40.9 Å². The summed E-state index contributed by atoms with van der Waals surface area (Å²) in [6.45, 7) is 3.51. The minimum atomic E-state index is -0.373. The van der Waals surface area contributed by atoms with E-state index < -0.39 is 0 Å². The standard InChI is InChI=1S/C27H34N3O4/c1-30(25-8-5-4-6-9-25,19-16-22-12-15-26(33-2)27(20-22)34-3)18-7-17-28-21-23-10-13-24(14-11-23)29(31)32/h4-6,8-15,20,28H,7,16-19,21H2,1-3H3/q+1. The SMILES string of the molecule is COc1ccc(CC[N+](C)(CCCNCc2ccc([N+](=O)[O-])cc2)c2ccccc2)cc1OC. The van der Waals surface area contributed by atoms with Crippen LogP contribution >= 0.6 is 0 Å². The fourth-order valence-corrected chi connectivity index (χ4v) is 4.09. The number of rotatable bonds is 13. The Balaban J connectivity index is 1.58. The summed E-state index contributed by atoms with van der Waals surface area (Å²) >= 11 is 0. The molecule has 0 aliphatic rings. The normalized spacial score (nSPS) is 12.7. The second-order valence-corrected chi connectivity index (χ2v) is 8.57. The number of benzene rings is 3. The Hall–Kier alpha value is -3.42. The minimum absolute atomic E-state index is 0.120. The Morgan fingerprint density at radius 2 is 1.56 bits per heavy atom. The lowest BCUT2D eigenvalue weighted by molar-refractivity contribution is -0.384. The first-order chi connectivity index (χ1) is 16.4. The number of hydrogen-bond donors (Lipinski definition) is 1. The molecule has 3 aromatic rings. The Labute approximate surface area is 201 Å². The van der Waals surface area contributed by atoms with Gasteiger partial charge in [0.1, 0.15) is 5.69 Å². The van der Waals surface area contributed by atoms with Gasteiger partial charge in [-0.05, 0) is 35.4 Å². The number of ether oxygens (including phenoxy) is 2. The van der Waals surface area contributed by atoms with E-state index in [-0.39, 0.29) is 10.6 Å². The van der Waals surface area contributed by atoms with Crippen LogP contribution in [0, 0.1) is 10.1 Å². The number of nitrogens with one attached hydrogen (secondary N) is 1. The van der Waals surface area contributed by atoms with Gasteiger partial charge in [0.15, 0.2) is 11.5 Å². The van der Waals surface area contributed by atoms with Crippen molar-refractivity contribution in [1.29, 1.82) is 0 Å². The van der Waals surface area contributed by atoms with E-state index >= 15 is 0 Å². The van der Waals surface area contributed by atoms with E-state index in [1.165, 1.54) is 11.3 Å². The zero-order valence-electron chi connectivity index (χ0n) is 20.2. The number of nitro benzene ring substituents is 1. The second-order valence-electron chi connectivity index (χ2n) is 8.57. The highest BCUT2D eigenvalue weighted by molar-refractivity contribution is 5.44. The van der Waals surface area contributed by atoms with Crippen LogP contribution in [0.5, 0.6) is 11.5 Å². The van der Waals surface area contributed by atoms with Gasteiger partial charge in [-0.3, -0.25) is 14.6 Å². The molecule has 180 valence electrons. The van der Waals surface area contributed by atoms with Crippen molar-refractivity contribution in [3.63, 3.8) is 0 Å². The molecule has 0 bridgehead atoms. The van der Waals surface area contributed by atoms with Gasteiger partial charge < -0.3 is 14.8 Å². The van der Waals surface area contributed by atoms with Crippen LogP contribution in [-0.2, 0) is 13.0 Å². The average Bonchev–Trinajstić information content (AvgIpc) is 2.87. The molecule has 7 nitrogen and oxygen atoms in total. The molecule has 0 aliphatic heterocycles. The summed E-state index contributed by atoms with van der Waals surface area (Å²) in [4.78, 5) is 10.4. The van der Waals surface area contributed by atoms with Crippen molar-refractivity contribution in [2.24, 2.45) is 0 Å². The van der Waals surface area contributed by atoms with Crippen LogP contribution in [0.1, 0.15) is 17.5 Å². The quantitative estimate of drug-likeness (QED) is 0.167. The van der Waals surface area contributed by atoms with Gasteiger partial charge in [0.05, 0.1) is 39.3 Å². The van der Waals surface area contributed by atoms with Crippen LogP contribution in [0.15, 0.2) is 72.8 Å². The Morgan fingerprint density at radius 3 is 2.21 bits per heavy atom. The number of para-hydroxylation sites is 1. The molecule has 0 amide bonds. The van der Waals surface area contributed by atoms with Gasteiger partial charge >= 0.3 is 0 Å². The lowest BCUT2D eigenvalue weighted by Gasteiger charge is -2.34. The first-order valence-corrected chi connectivity index (χ1v) is 11.5. The molecule has 0 radical (unpaired) electrons. The van der Waals surface area contributed by atoms with Crippen molar-refractivity contribution in [2.45, 2.75) is 19.4 Å². The third-order valence-electron chi connectivity index (χ3n) is 6.20. The van der Waals surface area contributed by atoms with Crippen LogP contribution in [0.25, 0.3) is 0 Å². The number of nitrogens with zero attached hydrogens (tertiary/aromatic N) is 2. The summed E-state index contributed by atoms with van der Waals surface area (Å²) < 4.78 is 11.7. The molecule has 3 aromatic carbocycles. The zero-order valence-corrected chi connectivity index (χ0v) is 20.2. The fraction of sp³-hybridized carbons (Fsp3) is 0.333. The third-order valence-corrected chi connectivity index (χ3v) is 6.20. The van der Waals surface area contributed by atoms with Crippen molar-refractivity contribution in [1.82, 2.24) is 9.80 Å². The highest BCUT2D eigenvalue weighted by Crippen LogP contribution is 2.29. The fourth-order valence-electron chi connectivity index (χ4n) is 4.09. The molecule has 1 N–H and O–H groups in total. The molecule has 0 fully saturated rings. The summed E-state index contributed by atoms with van der Waals surface area (Å²) in [5.41, 5.74) is 3.67. The molecular weight excluding hydrogens is 430 g/mol. The van der Waals surface area contributed by atoms with Crippen LogP contribution < -0.4 is 19.3 Å². The van der Waals surface area contributed by atoms with E-state index in [1.54, 1.807) is 38.5 Å². The lowest BCUT2D eigenvalue weighted by atomic mass is 10.1. The topological polar surface area (TPSA) is 73.6 Å². The van der Waals surface area contributed by atoms with Crippen LogP contribution in [0.2, 0.25) is 0 Å². The van der Waals surface area contributed by atoms with Crippen molar-refractivity contribution >= 4 is 11.4 Å². The molecule has 1 unspecified atom stereocenters. The molecule has 0 spiro atoms. The molecular formula is C27H34N3O4+. The molecule has 0 aromatic heterocycles. The molecule has 7 heteroatoms. The summed E-state index contributed by atoms with van der Waals surface area (Å²) in [7, 11) is 5.60. The molecule has 0 saturated heterocycles. The Kier molecular flexibility index (Phi) is 9.01. The lowest BCUT2D eigenvalue weighted by Crippen LogP contribution is -2.48. The van der Waals surface area contributed by atoms with Crippen LogP contribution in [-0.4, -0.2) is 45.8 Å². The highest BCUT2D eigenvalue weighted by atomic mass is 16.6. The van der Waals surface area contributed by atoms with E-state index in [2.05, 4.69) is 48.8 Å². The molecule has 3 rings (SSSR count). The molecule has 0 saturated carbocycles. The smallest absolute Gasteiger partial charge is 0.269 e. The van der Waals surface area contributed by atoms with Gasteiger partial charge in [-0.2, -0.15) is 0 Å². The number of non-ortho nitro benzene ring substituents is 1. The summed E-state index contributed by atoms with van der Waals surface area (Å²) in [5, 5.41) is 14.3. The Morgan fingerprint density at radius 1 is 0.882 bits per heavy atom. The largest absolute Gasteiger partial charge is 0.493 e. The molecule has 0 aliphatic carbocycles. The first-order valence-electron chi connectivity index (χ1n) is 11.5. The van der Waals surface area contributed by atoms with Gasteiger partial charge in [-0.15, -0.1) is 0 Å². The maximum Gasteiger partial charge on any atom is 0.269 e. The maximum atomic E-state index is 10.8. The number of likely N-dealkylation sites (N-methyl/N-ethyl adjacent to an activating group) is 1. The van der Waals surface area contributed by atoms with Crippen molar-refractivity contribution < 1.29 is 14.4 Å². The number of hydrogen-bond acceptors (Lipinski definition) is 5. The van der Waals surface area contributed by atoms with Gasteiger partial charge in [0, 0.05) is 38.1 Å². The van der Waals surface area contributed by atoms with E-state index in [0.717, 1.165) is 54.0 Å². The van der Waals surface area contributed by atoms with E-state index in [1.807, 2.05) is 12.1 Å². The van der Waals surface area contributed by atoms with Crippen LogP contribution in [0.3, 0.4) is 0 Å². The average molecular weight is 465 g/mol. The van der Waals surface area contributed by atoms with Crippen molar-refractivity contribution in [3.05, 3.63) is 94.0 Å². The van der Waals surface area contributed by atoms with Gasteiger partial charge in [0.25, 0.3) is 5.69 Å². The van der Waals surface area contributed by atoms with E-state index in [9.17, 15) is 10.1 Å². The van der Waals surface area contributed by atoms with Crippen molar-refractivity contribution in [3.8, 4) is 11.5 Å². The minimum Gasteiger partial charge on any atom is -0.493 e. The molecule has 1 atom stereocenters. The molecule has 0 heterocycles.